The maximum Gasteiger partial charge on any atom is 0.269 e. The molecule has 0 aliphatic carbocycles. The molecule has 3 aromatic rings. The fourth-order valence-electron chi connectivity index (χ4n) is 4.94. The monoisotopic (exact) mass is 598 g/mol. The van der Waals surface area contributed by atoms with Crippen LogP contribution in [-0.2, 0) is 20.0 Å². The summed E-state index contributed by atoms with van der Waals surface area (Å²) in [6.45, 7) is 8.54. The molecule has 10 nitrogen and oxygen atoms in total. The van der Waals surface area contributed by atoms with E-state index >= 15 is 0 Å². The number of carbonyl (C=O) groups excluding carboxylic acids is 2. The summed E-state index contributed by atoms with van der Waals surface area (Å²) in [5, 5.41) is 0. The van der Waals surface area contributed by atoms with E-state index in [1.165, 1.54) is 52.8 Å². The van der Waals surface area contributed by atoms with Gasteiger partial charge < -0.3 is 0 Å². The molecule has 2 atom stereocenters. The molecule has 218 valence electrons. The van der Waals surface area contributed by atoms with Crippen molar-refractivity contribution in [1.82, 2.24) is 15.2 Å². The van der Waals surface area contributed by atoms with Crippen LogP contribution in [0, 0.1) is 25.7 Å². The second-order valence-electron chi connectivity index (χ2n) is 10.7. The predicted molar refractivity (Wildman–Crippen MR) is 156 cm³/mol. The van der Waals surface area contributed by atoms with Gasteiger partial charge in [-0.2, -0.15) is 4.31 Å². The van der Waals surface area contributed by atoms with E-state index in [1.807, 2.05) is 26.8 Å². The van der Waals surface area contributed by atoms with Gasteiger partial charge in [0.25, 0.3) is 21.8 Å². The van der Waals surface area contributed by atoms with Crippen molar-refractivity contribution in [3.63, 3.8) is 0 Å². The fraction of sp³-hybridized carbons (Fsp3) is 0.310. The molecule has 0 unspecified atom stereocenters. The van der Waals surface area contributed by atoms with Crippen LogP contribution in [-0.4, -0.2) is 46.0 Å². The lowest BCUT2D eigenvalue weighted by Gasteiger charge is -2.34. The molecule has 1 fully saturated rings. The summed E-state index contributed by atoms with van der Waals surface area (Å²) >= 11 is 0. The van der Waals surface area contributed by atoms with Gasteiger partial charge in [0.1, 0.15) is 0 Å². The standard InChI is InChI=1S/C29H34N4O6S2/c1-19-11-12-27(22(4)14-19)32-40(36,37)25-9-5-7-23(15-25)28(34)30-31-29(35)24-8-6-10-26(16-24)41(38,39)33-17-20(2)13-21(3)18-33/h5-12,14-16,20-21,32H,13,17-18H2,1-4H3,(H,30,34)(H,31,35)/t20-,21-/m0/s1. The molecule has 1 aliphatic rings. The molecule has 0 spiro atoms. The van der Waals surface area contributed by atoms with Gasteiger partial charge in [-0.15, -0.1) is 0 Å². The molecule has 12 heteroatoms. The number of hydrogen-bond donors (Lipinski definition) is 3. The summed E-state index contributed by atoms with van der Waals surface area (Å²) < 4.78 is 56.4. The van der Waals surface area contributed by atoms with Crippen molar-refractivity contribution in [2.24, 2.45) is 11.8 Å². The van der Waals surface area contributed by atoms with E-state index in [1.54, 1.807) is 19.1 Å². The first-order chi connectivity index (χ1) is 19.3. The van der Waals surface area contributed by atoms with Gasteiger partial charge in [-0.25, -0.2) is 16.8 Å². The average molecular weight is 599 g/mol. The van der Waals surface area contributed by atoms with Crippen molar-refractivity contribution >= 4 is 37.5 Å². The van der Waals surface area contributed by atoms with E-state index in [0.29, 0.717) is 18.8 Å². The highest BCUT2D eigenvalue weighted by Crippen LogP contribution is 2.27. The van der Waals surface area contributed by atoms with Crippen LogP contribution in [0.5, 0.6) is 0 Å². The number of anilines is 1. The Morgan fingerprint density at radius 2 is 1.29 bits per heavy atom. The molecule has 2 amide bonds. The number of sulfonamides is 2. The minimum atomic E-state index is -3.99. The van der Waals surface area contributed by atoms with Crippen molar-refractivity contribution in [3.05, 3.63) is 89.0 Å². The van der Waals surface area contributed by atoms with Gasteiger partial charge in [0.2, 0.25) is 10.0 Å². The van der Waals surface area contributed by atoms with E-state index in [4.69, 9.17) is 0 Å². The first kappa shape index (κ1) is 30.2. The zero-order chi connectivity index (χ0) is 29.9. The van der Waals surface area contributed by atoms with Crippen molar-refractivity contribution in [1.29, 1.82) is 0 Å². The van der Waals surface area contributed by atoms with Gasteiger partial charge >= 0.3 is 0 Å². The minimum Gasteiger partial charge on any atom is -0.279 e. The summed E-state index contributed by atoms with van der Waals surface area (Å²) in [4.78, 5) is 25.4. The topological polar surface area (TPSA) is 142 Å². The Kier molecular flexibility index (Phi) is 8.86. The molecule has 0 aromatic heterocycles. The molecular weight excluding hydrogens is 564 g/mol. The molecule has 1 saturated heterocycles. The average Bonchev–Trinajstić information content (AvgIpc) is 2.92. The van der Waals surface area contributed by atoms with Gasteiger partial charge in [0.05, 0.1) is 15.5 Å². The van der Waals surface area contributed by atoms with E-state index in [2.05, 4.69) is 15.6 Å². The number of amides is 2. The van der Waals surface area contributed by atoms with Gasteiger partial charge in [-0.05, 0) is 80.1 Å². The second-order valence-corrected chi connectivity index (χ2v) is 14.3. The van der Waals surface area contributed by atoms with E-state index < -0.39 is 31.9 Å². The van der Waals surface area contributed by atoms with Gasteiger partial charge in [-0.3, -0.25) is 25.2 Å². The largest absolute Gasteiger partial charge is 0.279 e. The summed E-state index contributed by atoms with van der Waals surface area (Å²) in [7, 11) is -7.79. The molecule has 3 aromatic carbocycles. The lowest BCUT2D eigenvalue weighted by molar-refractivity contribution is 0.0846. The number of aryl methyl sites for hydroxylation is 2. The van der Waals surface area contributed by atoms with E-state index in [9.17, 15) is 26.4 Å². The summed E-state index contributed by atoms with van der Waals surface area (Å²) in [5.74, 6) is -1.02. The van der Waals surface area contributed by atoms with Crippen molar-refractivity contribution in [2.45, 2.75) is 43.9 Å². The SMILES string of the molecule is Cc1ccc(NS(=O)(=O)c2cccc(C(=O)NNC(=O)c3cccc(S(=O)(=O)N4C[C@@H](C)C[C@H](C)C4)c3)c2)c(C)c1. The quantitative estimate of drug-likeness (QED) is 0.353. The molecular formula is C29H34N4O6S2. The van der Waals surface area contributed by atoms with Crippen molar-refractivity contribution in [3.8, 4) is 0 Å². The third-order valence-electron chi connectivity index (χ3n) is 6.89. The van der Waals surface area contributed by atoms with Crippen LogP contribution in [0.25, 0.3) is 0 Å². The smallest absolute Gasteiger partial charge is 0.269 e. The van der Waals surface area contributed by atoms with Crippen LogP contribution in [0.15, 0.2) is 76.5 Å². The number of rotatable bonds is 7. The van der Waals surface area contributed by atoms with Gasteiger partial charge in [-0.1, -0.05) is 43.7 Å². The number of benzene rings is 3. The third-order valence-corrected chi connectivity index (χ3v) is 10.1. The van der Waals surface area contributed by atoms with E-state index in [0.717, 1.165) is 17.5 Å². The highest BCUT2D eigenvalue weighted by molar-refractivity contribution is 7.92. The highest BCUT2D eigenvalue weighted by Gasteiger charge is 2.32. The minimum absolute atomic E-state index is 0.00142. The lowest BCUT2D eigenvalue weighted by atomic mass is 9.94. The zero-order valence-electron chi connectivity index (χ0n) is 23.3. The third kappa shape index (κ3) is 7.13. The molecule has 41 heavy (non-hydrogen) atoms. The first-order valence-electron chi connectivity index (χ1n) is 13.2. The van der Waals surface area contributed by atoms with Crippen LogP contribution in [0.3, 0.4) is 0 Å². The van der Waals surface area contributed by atoms with Gasteiger partial charge in [0.15, 0.2) is 0 Å². The number of nitrogens with zero attached hydrogens (tertiary/aromatic N) is 1. The van der Waals surface area contributed by atoms with Crippen LogP contribution in [0.4, 0.5) is 5.69 Å². The number of carbonyl (C=O) groups is 2. The van der Waals surface area contributed by atoms with Crippen LogP contribution >= 0.6 is 0 Å². The molecule has 4 rings (SSSR count). The Labute approximate surface area is 241 Å². The Hall–Kier alpha value is -3.74. The first-order valence-corrected chi connectivity index (χ1v) is 16.1. The number of hydrogen-bond acceptors (Lipinski definition) is 6. The number of hydrazine groups is 1. The van der Waals surface area contributed by atoms with Crippen molar-refractivity contribution in [2.75, 3.05) is 17.8 Å². The van der Waals surface area contributed by atoms with Crippen molar-refractivity contribution < 1.29 is 26.4 Å². The predicted octanol–water partition coefficient (Wildman–Crippen LogP) is 3.85. The van der Waals surface area contributed by atoms with Crippen LogP contribution < -0.4 is 15.6 Å². The molecule has 0 saturated carbocycles. The fourth-order valence-corrected chi connectivity index (χ4v) is 7.85. The number of nitrogens with one attached hydrogen (secondary N) is 3. The highest BCUT2D eigenvalue weighted by atomic mass is 32.2. The Balaban J connectivity index is 1.44. The molecule has 0 radical (unpaired) electrons. The summed E-state index contributed by atoms with van der Waals surface area (Å²) in [6.07, 6.45) is 0.950. The molecule has 1 aliphatic heterocycles. The van der Waals surface area contributed by atoms with Gasteiger partial charge in [0, 0.05) is 24.2 Å². The Bertz CT molecular complexity index is 1680. The van der Waals surface area contributed by atoms with Crippen LogP contribution in [0.2, 0.25) is 0 Å². The normalized spacial score (nSPS) is 18.0. The maximum absolute atomic E-state index is 13.2. The zero-order valence-corrected chi connectivity index (χ0v) is 25.0. The summed E-state index contributed by atoms with van der Waals surface area (Å²) in [6, 6.07) is 16.3. The van der Waals surface area contributed by atoms with Crippen LogP contribution in [0.1, 0.15) is 52.1 Å². The molecule has 3 N–H and O–H groups in total. The Morgan fingerprint density at radius 3 is 1.85 bits per heavy atom. The summed E-state index contributed by atoms with van der Waals surface area (Å²) in [5.41, 5.74) is 6.73. The van der Waals surface area contributed by atoms with E-state index in [-0.39, 0.29) is 32.8 Å². The molecule has 1 heterocycles. The maximum atomic E-state index is 13.2. The number of piperidine rings is 1. The molecule has 0 bridgehead atoms. The Morgan fingerprint density at radius 1 is 0.756 bits per heavy atom. The second kappa shape index (κ2) is 12.0. The lowest BCUT2D eigenvalue weighted by Crippen LogP contribution is -2.43.